The molecule has 0 aliphatic carbocycles. The number of ether oxygens (including phenoxy) is 1. The molecule has 1 amide bonds. The van der Waals surface area contributed by atoms with E-state index in [2.05, 4.69) is 10.6 Å². The van der Waals surface area contributed by atoms with Crippen LogP contribution in [0.4, 0.5) is 0 Å². The van der Waals surface area contributed by atoms with Crippen LogP contribution in [-0.2, 0) is 4.79 Å². The summed E-state index contributed by atoms with van der Waals surface area (Å²) in [6.07, 6.45) is 3.92. The van der Waals surface area contributed by atoms with Gasteiger partial charge in [0.05, 0.1) is 17.7 Å². The molecule has 0 aromatic heterocycles. The van der Waals surface area contributed by atoms with Crippen LogP contribution in [0.15, 0.2) is 18.2 Å². The highest BCUT2D eigenvalue weighted by molar-refractivity contribution is 6.35. The molecule has 124 valence electrons. The summed E-state index contributed by atoms with van der Waals surface area (Å²) in [5.74, 6) is 0.695. The lowest BCUT2D eigenvalue weighted by molar-refractivity contribution is -0.123. The highest BCUT2D eigenvalue weighted by Gasteiger charge is 2.19. The smallest absolute Gasteiger partial charge is 0.237 e. The Hall–Kier alpha value is -0.680. The van der Waals surface area contributed by atoms with Crippen molar-refractivity contribution < 1.29 is 9.53 Å². The van der Waals surface area contributed by atoms with Crippen molar-refractivity contribution in [3.05, 3.63) is 28.2 Å². The molecule has 1 heterocycles. The average molecular weight is 368 g/mol. The van der Waals surface area contributed by atoms with Crippen LogP contribution in [0, 0.1) is 0 Å². The number of carbonyl (C=O) groups is 1. The number of rotatable bonds is 6. The standard InChI is InChI=1S/C15H20Cl2N2O2.ClH/c16-11-5-6-14(12(17)10-11)21-9-3-8-19-15(20)13-4-1-2-7-18-13;/h5-6,10,13,18H,1-4,7-9H2,(H,19,20);1H. The molecule has 1 saturated heterocycles. The molecule has 0 saturated carbocycles. The highest BCUT2D eigenvalue weighted by Crippen LogP contribution is 2.27. The van der Waals surface area contributed by atoms with Crippen molar-refractivity contribution >= 4 is 41.5 Å². The number of carbonyl (C=O) groups excluding carboxylic acids is 1. The lowest BCUT2D eigenvalue weighted by Gasteiger charge is -2.22. The van der Waals surface area contributed by atoms with Gasteiger partial charge in [-0.2, -0.15) is 0 Å². The van der Waals surface area contributed by atoms with Crippen LogP contribution in [0.25, 0.3) is 0 Å². The number of halogens is 3. The van der Waals surface area contributed by atoms with Gasteiger partial charge in [-0.1, -0.05) is 29.6 Å². The minimum atomic E-state index is -0.0367. The highest BCUT2D eigenvalue weighted by atomic mass is 35.5. The molecule has 0 radical (unpaired) electrons. The molecule has 4 nitrogen and oxygen atoms in total. The summed E-state index contributed by atoms with van der Waals surface area (Å²) in [5.41, 5.74) is 0. The van der Waals surface area contributed by atoms with Gasteiger partial charge < -0.3 is 15.4 Å². The molecule has 1 fully saturated rings. The van der Waals surface area contributed by atoms with Gasteiger partial charge in [0, 0.05) is 11.6 Å². The Morgan fingerprint density at radius 3 is 2.86 bits per heavy atom. The largest absolute Gasteiger partial charge is 0.492 e. The van der Waals surface area contributed by atoms with Crippen molar-refractivity contribution in [3.63, 3.8) is 0 Å². The zero-order valence-electron chi connectivity index (χ0n) is 12.2. The minimum absolute atomic E-state index is 0. The second-order valence-corrected chi connectivity index (χ2v) is 5.91. The zero-order valence-corrected chi connectivity index (χ0v) is 14.6. The van der Waals surface area contributed by atoms with Crippen molar-refractivity contribution in [2.24, 2.45) is 0 Å². The maximum absolute atomic E-state index is 11.9. The molecule has 1 unspecified atom stereocenters. The predicted molar refractivity (Wildman–Crippen MR) is 92.5 cm³/mol. The van der Waals surface area contributed by atoms with Gasteiger partial charge in [-0.3, -0.25) is 4.79 Å². The van der Waals surface area contributed by atoms with E-state index in [1.54, 1.807) is 18.2 Å². The monoisotopic (exact) mass is 366 g/mol. The molecule has 1 aromatic carbocycles. The van der Waals surface area contributed by atoms with Crippen LogP contribution >= 0.6 is 35.6 Å². The Balaban J connectivity index is 0.00000242. The predicted octanol–water partition coefficient (Wildman–Crippen LogP) is 3.44. The van der Waals surface area contributed by atoms with Gasteiger partial charge in [-0.15, -0.1) is 12.4 Å². The lowest BCUT2D eigenvalue weighted by Crippen LogP contribution is -2.46. The number of hydrogen-bond acceptors (Lipinski definition) is 3. The van der Waals surface area contributed by atoms with E-state index >= 15 is 0 Å². The molecule has 2 rings (SSSR count). The van der Waals surface area contributed by atoms with E-state index in [9.17, 15) is 4.79 Å². The normalized spacial score (nSPS) is 17.5. The molecule has 22 heavy (non-hydrogen) atoms. The van der Waals surface area contributed by atoms with E-state index in [0.717, 1.165) is 32.2 Å². The Morgan fingerprint density at radius 2 is 2.18 bits per heavy atom. The molecule has 1 aliphatic rings. The van der Waals surface area contributed by atoms with Gasteiger partial charge in [0.1, 0.15) is 5.75 Å². The van der Waals surface area contributed by atoms with E-state index in [-0.39, 0.29) is 24.4 Å². The van der Waals surface area contributed by atoms with Crippen molar-refractivity contribution in [1.29, 1.82) is 0 Å². The lowest BCUT2D eigenvalue weighted by atomic mass is 10.0. The summed E-state index contributed by atoms with van der Waals surface area (Å²) in [5, 5.41) is 7.23. The summed E-state index contributed by atoms with van der Waals surface area (Å²) in [4.78, 5) is 11.9. The first-order chi connectivity index (χ1) is 10.2. The fourth-order valence-corrected chi connectivity index (χ4v) is 2.72. The van der Waals surface area contributed by atoms with Crippen molar-refractivity contribution in [3.8, 4) is 5.75 Å². The number of piperidine rings is 1. The van der Waals surface area contributed by atoms with Gasteiger partial charge >= 0.3 is 0 Å². The first-order valence-electron chi connectivity index (χ1n) is 7.26. The van der Waals surface area contributed by atoms with E-state index < -0.39 is 0 Å². The fraction of sp³-hybridized carbons (Fsp3) is 0.533. The number of benzene rings is 1. The summed E-state index contributed by atoms with van der Waals surface area (Å²) in [7, 11) is 0. The van der Waals surface area contributed by atoms with Crippen molar-refractivity contribution in [2.75, 3.05) is 19.7 Å². The van der Waals surface area contributed by atoms with E-state index in [1.165, 1.54) is 0 Å². The van der Waals surface area contributed by atoms with E-state index in [1.807, 2.05) is 0 Å². The number of nitrogens with one attached hydrogen (secondary N) is 2. The zero-order chi connectivity index (χ0) is 15.1. The van der Waals surface area contributed by atoms with E-state index in [4.69, 9.17) is 27.9 Å². The first-order valence-corrected chi connectivity index (χ1v) is 8.01. The van der Waals surface area contributed by atoms with Crippen molar-refractivity contribution in [2.45, 2.75) is 31.7 Å². The van der Waals surface area contributed by atoms with Crippen LogP contribution in [0.2, 0.25) is 10.0 Å². The first kappa shape index (κ1) is 19.4. The molecule has 2 N–H and O–H groups in total. The molecule has 1 aliphatic heterocycles. The summed E-state index contributed by atoms with van der Waals surface area (Å²) in [6.45, 7) is 2.03. The second kappa shape index (κ2) is 10.2. The SMILES string of the molecule is Cl.O=C(NCCCOc1ccc(Cl)cc1Cl)C1CCCCN1. The summed E-state index contributed by atoms with van der Waals surface area (Å²) < 4.78 is 5.56. The molecule has 0 bridgehead atoms. The maximum Gasteiger partial charge on any atom is 0.237 e. The van der Waals surface area contributed by atoms with Gasteiger partial charge in [0.15, 0.2) is 0 Å². The third-order valence-electron chi connectivity index (χ3n) is 3.40. The Bertz CT molecular complexity index is 480. The summed E-state index contributed by atoms with van der Waals surface area (Å²) >= 11 is 11.8. The minimum Gasteiger partial charge on any atom is -0.492 e. The second-order valence-electron chi connectivity index (χ2n) is 5.07. The maximum atomic E-state index is 11.9. The van der Waals surface area contributed by atoms with Gasteiger partial charge in [0.2, 0.25) is 5.91 Å². The third-order valence-corrected chi connectivity index (χ3v) is 3.93. The van der Waals surface area contributed by atoms with Gasteiger partial charge in [-0.05, 0) is 44.0 Å². The topological polar surface area (TPSA) is 50.4 Å². The molecule has 7 heteroatoms. The Kier molecular flexibility index (Phi) is 8.95. The fourth-order valence-electron chi connectivity index (χ4n) is 2.26. The Labute approximate surface area is 147 Å². The molecular formula is C15H21Cl3N2O2. The number of hydrogen-bond donors (Lipinski definition) is 2. The quantitative estimate of drug-likeness (QED) is 0.757. The van der Waals surface area contributed by atoms with Crippen molar-refractivity contribution in [1.82, 2.24) is 10.6 Å². The van der Waals surface area contributed by atoms with Crippen LogP contribution in [0.1, 0.15) is 25.7 Å². The molecule has 0 spiro atoms. The molecule has 1 atom stereocenters. The summed E-state index contributed by atoms with van der Waals surface area (Å²) in [6, 6.07) is 5.09. The number of amides is 1. The van der Waals surface area contributed by atoms with Gasteiger partial charge in [0.25, 0.3) is 0 Å². The van der Waals surface area contributed by atoms with Crippen LogP contribution < -0.4 is 15.4 Å². The average Bonchev–Trinajstić information content (AvgIpc) is 2.49. The Morgan fingerprint density at radius 1 is 1.36 bits per heavy atom. The van der Waals surface area contributed by atoms with E-state index in [0.29, 0.717) is 28.9 Å². The molecular weight excluding hydrogens is 347 g/mol. The van der Waals surface area contributed by atoms with Gasteiger partial charge in [-0.25, -0.2) is 0 Å². The van der Waals surface area contributed by atoms with Crippen LogP contribution in [0.5, 0.6) is 5.75 Å². The van der Waals surface area contributed by atoms with Crippen LogP contribution in [-0.4, -0.2) is 31.6 Å². The third kappa shape index (κ3) is 6.21. The van der Waals surface area contributed by atoms with Crippen LogP contribution in [0.3, 0.4) is 0 Å². The molecule has 1 aromatic rings.